The topological polar surface area (TPSA) is 295 Å². The molecule has 2 saturated heterocycles. The highest BCUT2D eigenvalue weighted by Gasteiger charge is 2.45. The average molecular weight is 1080 g/mol. The minimum atomic E-state index is -2.03. The summed E-state index contributed by atoms with van der Waals surface area (Å²) in [6.07, 6.45) is 1.77. The molecule has 0 radical (unpaired) electrons. The largest absolute Gasteiger partial charge is 0.458 e. The quantitative estimate of drug-likeness (QED) is 0.0254. The maximum atomic E-state index is 16.1. The van der Waals surface area contributed by atoms with Crippen LogP contribution in [0.3, 0.4) is 0 Å². The molecule has 416 valence electrons. The van der Waals surface area contributed by atoms with Crippen molar-refractivity contribution in [3.05, 3.63) is 92.5 Å². The molecule has 7 amide bonds. The Morgan fingerprint density at radius 2 is 1.53 bits per heavy atom. The summed E-state index contributed by atoms with van der Waals surface area (Å²) in [5.41, 5.74) is 0.852. The van der Waals surface area contributed by atoms with Gasteiger partial charge in [0.25, 0.3) is 5.56 Å². The van der Waals surface area contributed by atoms with Crippen molar-refractivity contribution in [3.8, 4) is 11.4 Å². The van der Waals surface area contributed by atoms with E-state index in [9.17, 15) is 48.3 Å². The number of likely N-dealkylation sites (tertiary alicyclic amines) is 2. The average Bonchev–Trinajstić information content (AvgIpc) is 4.04. The number of benzene rings is 2. The standard InChI is InChI=1S/C54H64FN9O14/c1-2-54(74)38-25-43-50-36(31-64(43)52(72)37(38)32-78-53(54)73)35(30-62-14-7-4-8-15-62)34-24-41(39(55)26-40(34)61-50)59-47(68)29-58-51(71)42(23-33-9-5-3-6-10-33)60-46(67)28-57-45(66)27-56-44(65)13-17-75-19-21-77-22-20-76-18-16-63-48(69)11-12-49(63)70/h3,5-6,9-10,24-26,42,74H,2,4,7-8,11-23,27-32H2,1H3,(H,56,65)(H,57,66)(H,58,71)(H,59,68)(H,60,67)/t42-,54-/m0/s1/i11T/t11?,42-,54-. The lowest BCUT2D eigenvalue weighted by Gasteiger charge is -2.31. The van der Waals surface area contributed by atoms with Gasteiger partial charge >= 0.3 is 5.97 Å². The molecule has 4 aromatic rings. The number of ether oxygens (including phenoxy) is 4. The zero-order valence-corrected chi connectivity index (χ0v) is 43.3. The number of hydrogen-bond acceptors (Lipinski definition) is 16. The molecule has 2 fully saturated rings. The molecule has 2 aromatic carbocycles. The Hall–Kier alpha value is -7.51. The molecule has 0 bridgehead atoms. The highest BCUT2D eigenvalue weighted by Crippen LogP contribution is 2.41. The first-order valence-corrected chi connectivity index (χ1v) is 26.0. The van der Waals surface area contributed by atoms with Crippen LogP contribution in [-0.2, 0) is 89.0 Å². The number of cyclic esters (lactones) is 1. The van der Waals surface area contributed by atoms with Crippen LogP contribution in [0.4, 0.5) is 10.1 Å². The number of hydrogen-bond donors (Lipinski definition) is 6. The van der Waals surface area contributed by atoms with E-state index in [1.165, 1.54) is 16.7 Å². The molecular formula is C54H64FN9O14. The van der Waals surface area contributed by atoms with E-state index in [0.717, 1.165) is 42.8 Å². The van der Waals surface area contributed by atoms with Gasteiger partial charge in [-0.1, -0.05) is 43.7 Å². The van der Waals surface area contributed by atoms with E-state index in [2.05, 4.69) is 31.5 Å². The number of aromatic nitrogens is 2. The van der Waals surface area contributed by atoms with Crippen LogP contribution < -0.4 is 32.1 Å². The van der Waals surface area contributed by atoms with E-state index < -0.39 is 90.5 Å². The Labute approximate surface area is 449 Å². The maximum Gasteiger partial charge on any atom is 0.343 e. The Morgan fingerprint density at radius 1 is 0.833 bits per heavy atom. The van der Waals surface area contributed by atoms with Crippen LogP contribution in [-0.4, -0.2) is 157 Å². The molecule has 6 heterocycles. The Balaban J connectivity index is 0.814. The lowest BCUT2D eigenvalue weighted by molar-refractivity contribution is -0.172. The van der Waals surface area contributed by atoms with E-state index in [-0.39, 0.29) is 113 Å². The number of aliphatic hydroxyl groups is 1. The normalized spacial score (nSPS) is 18.3. The summed E-state index contributed by atoms with van der Waals surface area (Å²) >= 11 is 0. The first-order valence-electron chi connectivity index (χ1n) is 26.6. The molecule has 78 heavy (non-hydrogen) atoms. The predicted octanol–water partition coefficient (Wildman–Crippen LogP) is 0.808. The first-order chi connectivity index (χ1) is 38.0. The molecule has 0 saturated carbocycles. The number of halogens is 1. The highest BCUT2D eigenvalue weighted by atomic mass is 19.1. The number of nitrogens with zero attached hydrogens (tertiary/aromatic N) is 4. The summed E-state index contributed by atoms with van der Waals surface area (Å²) in [5, 5.41) is 24.4. The van der Waals surface area contributed by atoms with Gasteiger partial charge in [0.15, 0.2) is 5.60 Å². The van der Waals surface area contributed by atoms with E-state index in [1.807, 2.05) is 0 Å². The number of nitrogens with one attached hydrogen (secondary N) is 5. The van der Waals surface area contributed by atoms with Gasteiger partial charge in [-0.3, -0.25) is 48.2 Å². The molecule has 24 heteroatoms. The van der Waals surface area contributed by atoms with Crippen molar-refractivity contribution in [2.45, 2.75) is 89.6 Å². The zero-order chi connectivity index (χ0) is 56.2. The first kappa shape index (κ1) is 55.3. The number of pyridine rings is 2. The van der Waals surface area contributed by atoms with Crippen molar-refractivity contribution in [1.82, 2.24) is 40.6 Å². The summed E-state index contributed by atoms with van der Waals surface area (Å²) in [5.74, 6) is -6.02. The number of fused-ring (bicyclic) bond motifs is 5. The predicted molar refractivity (Wildman–Crippen MR) is 276 cm³/mol. The molecule has 3 atom stereocenters. The third-order valence-electron chi connectivity index (χ3n) is 13.9. The fraction of sp³-hybridized carbons (Fsp3) is 0.481. The molecule has 0 spiro atoms. The fourth-order valence-electron chi connectivity index (χ4n) is 9.71. The van der Waals surface area contributed by atoms with Gasteiger partial charge in [0.05, 0.1) is 101 Å². The van der Waals surface area contributed by atoms with Crippen LogP contribution in [0.25, 0.3) is 22.3 Å². The zero-order valence-electron chi connectivity index (χ0n) is 44.3. The minimum absolute atomic E-state index is 0.00871. The van der Waals surface area contributed by atoms with Gasteiger partial charge in [-0.15, -0.1) is 0 Å². The molecule has 4 aliphatic heterocycles. The maximum absolute atomic E-state index is 16.1. The summed E-state index contributed by atoms with van der Waals surface area (Å²) in [4.78, 5) is 123. The fourth-order valence-corrected chi connectivity index (χ4v) is 9.71. The summed E-state index contributed by atoms with van der Waals surface area (Å²) in [6.45, 7) is 2.93. The summed E-state index contributed by atoms with van der Waals surface area (Å²) < 4.78 is 46.5. The molecule has 4 aliphatic rings. The van der Waals surface area contributed by atoms with Crippen LogP contribution in [0.2, 0.25) is 0 Å². The van der Waals surface area contributed by atoms with Crippen molar-refractivity contribution >= 4 is 63.9 Å². The number of anilines is 1. The molecule has 6 N–H and O–H groups in total. The van der Waals surface area contributed by atoms with Crippen molar-refractivity contribution in [2.75, 3.05) is 84.2 Å². The number of rotatable bonds is 26. The molecule has 23 nitrogen and oxygen atoms in total. The van der Waals surface area contributed by atoms with Crippen LogP contribution in [0.15, 0.2) is 53.3 Å². The number of piperidine rings is 1. The van der Waals surface area contributed by atoms with Gasteiger partial charge in [0.2, 0.25) is 41.4 Å². The second kappa shape index (κ2) is 26.2. The molecule has 1 unspecified atom stereocenters. The number of imide groups is 1. The van der Waals surface area contributed by atoms with Crippen LogP contribution in [0, 0.1) is 5.82 Å². The van der Waals surface area contributed by atoms with Gasteiger partial charge in [0.1, 0.15) is 18.5 Å². The third kappa shape index (κ3) is 13.8. The van der Waals surface area contributed by atoms with Gasteiger partial charge < -0.3 is 55.2 Å². The van der Waals surface area contributed by atoms with Gasteiger partial charge in [-0.05, 0) is 55.6 Å². The number of carbonyl (C=O) groups excluding carboxylic acids is 8. The van der Waals surface area contributed by atoms with Crippen molar-refractivity contribution in [1.29, 1.82) is 0 Å². The second-order valence-electron chi connectivity index (χ2n) is 19.2. The van der Waals surface area contributed by atoms with Gasteiger partial charge in [-0.2, -0.15) is 0 Å². The van der Waals surface area contributed by atoms with E-state index in [4.69, 9.17) is 25.3 Å². The summed E-state index contributed by atoms with van der Waals surface area (Å²) in [7, 11) is 0. The van der Waals surface area contributed by atoms with Crippen molar-refractivity contribution in [3.63, 3.8) is 0 Å². The van der Waals surface area contributed by atoms with Crippen LogP contribution in [0.1, 0.15) is 81.0 Å². The van der Waals surface area contributed by atoms with Crippen molar-refractivity contribution in [2.24, 2.45) is 0 Å². The third-order valence-corrected chi connectivity index (χ3v) is 13.9. The Morgan fingerprint density at radius 3 is 2.24 bits per heavy atom. The van der Waals surface area contributed by atoms with Gasteiger partial charge in [0, 0.05) is 56.2 Å². The Kier molecular flexibility index (Phi) is 18.6. The highest BCUT2D eigenvalue weighted by molar-refractivity contribution is 6.02. The molecule has 0 aliphatic carbocycles. The van der Waals surface area contributed by atoms with Gasteiger partial charge in [-0.25, -0.2) is 14.2 Å². The lowest BCUT2D eigenvalue weighted by Crippen LogP contribution is -2.52. The number of esters is 1. The molecular weight excluding hydrogens is 1020 g/mol. The number of amides is 7. The van der Waals surface area contributed by atoms with Crippen LogP contribution in [0.5, 0.6) is 0 Å². The van der Waals surface area contributed by atoms with E-state index in [1.54, 1.807) is 43.3 Å². The summed E-state index contributed by atoms with van der Waals surface area (Å²) in [6, 6.07) is 11.8. The monoisotopic (exact) mass is 1080 g/mol. The number of carbonyl (C=O) groups is 8. The van der Waals surface area contributed by atoms with E-state index in [0.29, 0.717) is 34.4 Å². The molecule has 8 rings (SSSR count). The van der Waals surface area contributed by atoms with Crippen molar-refractivity contribution < 1.29 is 68.2 Å². The Bertz CT molecular complexity index is 3050. The lowest BCUT2D eigenvalue weighted by atomic mass is 9.86. The molecule has 2 aromatic heterocycles. The second-order valence-corrected chi connectivity index (χ2v) is 19.2. The minimum Gasteiger partial charge on any atom is -0.458 e. The van der Waals surface area contributed by atoms with E-state index >= 15 is 4.39 Å². The SMILES string of the molecule is [3H]C1CC(=O)N(CCOCCOCCOCCC(=O)NCC(=O)NCC(=O)N[C@@H](Cc2ccccc2)C(=O)NCC(=O)Nc2cc3c(CN4CCCCC4)c4c(nc3cc2F)-c2cc3c(c(=O)n2C4)COC(=O)[C@]3(O)CC)C1=O. The van der Waals surface area contributed by atoms with Crippen LogP contribution >= 0.6 is 0 Å². The smallest absolute Gasteiger partial charge is 0.343 e.